The second-order valence-electron chi connectivity index (χ2n) is 3.48. The van der Waals surface area contributed by atoms with Gasteiger partial charge in [0.2, 0.25) is 0 Å². The van der Waals surface area contributed by atoms with Gasteiger partial charge in [-0.25, -0.2) is 14.8 Å². The van der Waals surface area contributed by atoms with E-state index in [-0.39, 0.29) is 11.4 Å². The van der Waals surface area contributed by atoms with Crippen LogP contribution in [0.15, 0.2) is 22.9 Å². The van der Waals surface area contributed by atoms with Crippen LogP contribution < -0.4 is 10.1 Å². The second kappa shape index (κ2) is 4.74. The molecule has 94 valence electrons. The average Bonchev–Trinajstić information content (AvgIpc) is 2.74. The van der Waals surface area contributed by atoms with Gasteiger partial charge < -0.3 is 19.6 Å². The number of aromatic nitrogens is 2. The highest BCUT2D eigenvalue weighted by molar-refractivity contribution is 5.89. The Morgan fingerprint density at radius 2 is 2.22 bits per heavy atom. The molecule has 0 radical (unpaired) electrons. The van der Waals surface area contributed by atoms with Gasteiger partial charge in [0.15, 0.2) is 11.4 Å². The fraction of sp³-hybridized carbons (Fsp3) is 0.182. The van der Waals surface area contributed by atoms with E-state index in [1.807, 2.05) is 0 Å². The topological polar surface area (TPSA) is 97.5 Å². The molecule has 2 rings (SSSR count). The number of carboxylic acid groups (broad SMARTS) is 1. The van der Waals surface area contributed by atoms with Crippen LogP contribution in [0.4, 0.5) is 11.7 Å². The molecule has 2 heterocycles. The zero-order valence-electron chi connectivity index (χ0n) is 9.80. The Morgan fingerprint density at radius 3 is 2.78 bits per heavy atom. The summed E-state index contributed by atoms with van der Waals surface area (Å²) in [6, 6.07) is 1.81. The standard InChI is InChI=1S/C11H11N3O4/c1-6-4-13-11(18-6)14-7-3-8(17-2)9(10(15)16)12-5-7/h3-5H,1-2H3,(H,13,14)(H,15,16). The van der Waals surface area contributed by atoms with E-state index in [9.17, 15) is 4.79 Å². The van der Waals surface area contributed by atoms with Gasteiger partial charge in [-0.15, -0.1) is 0 Å². The van der Waals surface area contributed by atoms with Crippen molar-refractivity contribution in [1.82, 2.24) is 9.97 Å². The fourth-order valence-electron chi connectivity index (χ4n) is 1.37. The summed E-state index contributed by atoms with van der Waals surface area (Å²) in [5.74, 6) is -0.319. The number of anilines is 2. The van der Waals surface area contributed by atoms with E-state index in [1.165, 1.54) is 19.4 Å². The molecule has 0 amide bonds. The number of hydrogen-bond acceptors (Lipinski definition) is 6. The Morgan fingerprint density at radius 1 is 1.44 bits per heavy atom. The minimum Gasteiger partial charge on any atom is -0.494 e. The molecule has 0 saturated carbocycles. The number of ether oxygens (including phenoxy) is 1. The van der Waals surface area contributed by atoms with Crippen LogP contribution in [0.2, 0.25) is 0 Å². The fourth-order valence-corrected chi connectivity index (χ4v) is 1.37. The van der Waals surface area contributed by atoms with Crippen LogP contribution in [0.25, 0.3) is 0 Å². The van der Waals surface area contributed by atoms with Gasteiger partial charge in [-0.1, -0.05) is 0 Å². The maximum atomic E-state index is 10.9. The van der Waals surface area contributed by atoms with Gasteiger partial charge in [0.05, 0.1) is 25.2 Å². The summed E-state index contributed by atoms with van der Waals surface area (Å²) >= 11 is 0. The molecular formula is C11H11N3O4. The molecule has 0 aliphatic rings. The first kappa shape index (κ1) is 11.9. The molecule has 0 aliphatic carbocycles. The normalized spacial score (nSPS) is 10.1. The molecule has 0 atom stereocenters. The van der Waals surface area contributed by atoms with Crippen molar-refractivity contribution < 1.29 is 19.1 Å². The molecular weight excluding hydrogens is 238 g/mol. The summed E-state index contributed by atoms with van der Waals surface area (Å²) in [5.41, 5.74) is 0.380. The molecule has 18 heavy (non-hydrogen) atoms. The van der Waals surface area contributed by atoms with Crippen molar-refractivity contribution in [1.29, 1.82) is 0 Å². The summed E-state index contributed by atoms with van der Waals surface area (Å²) in [5, 5.41) is 11.7. The molecule has 2 N–H and O–H groups in total. The van der Waals surface area contributed by atoms with Gasteiger partial charge >= 0.3 is 5.97 Å². The SMILES string of the molecule is COc1cc(Nc2ncc(C)o2)cnc1C(=O)O. The van der Waals surface area contributed by atoms with E-state index in [0.717, 1.165) is 0 Å². The smallest absolute Gasteiger partial charge is 0.358 e. The van der Waals surface area contributed by atoms with Crippen LogP contribution >= 0.6 is 0 Å². The van der Waals surface area contributed by atoms with Crippen LogP contribution in [-0.4, -0.2) is 28.2 Å². The van der Waals surface area contributed by atoms with Crippen molar-refractivity contribution in [3.8, 4) is 5.75 Å². The molecule has 7 heteroatoms. The minimum atomic E-state index is -1.15. The van der Waals surface area contributed by atoms with Crippen LogP contribution in [0.5, 0.6) is 5.75 Å². The van der Waals surface area contributed by atoms with Gasteiger partial charge in [-0.2, -0.15) is 0 Å². The molecule has 2 aromatic heterocycles. The number of carbonyl (C=O) groups is 1. The Labute approximate surface area is 102 Å². The third kappa shape index (κ3) is 2.40. The van der Waals surface area contributed by atoms with Gasteiger partial charge in [0.1, 0.15) is 5.76 Å². The lowest BCUT2D eigenvalue weighted by atomic mass is 10.3. The van der Waals surface area contributed by atoms with E-state index in [1.54, 1.807) is 13.1 Å². The van der Waals surface area contributed by atoms with Crippen molar-refractivity contribution in [3.05, 3.63) is 29.9 Å². The third-order valence-electron chi connectivity index (χ3n) is 2.15. The maximum absolute atomic E-state index is 10.9. The molecule has 0 fully saturated rings. The summed E-state index contributed by atoms with van der Waals surface area (Å²) in [4.78, 5) is 18.6. The number of nitrogens with zero attached hydrogens (tertiary/aromatic N) is 2. The van der Waals surface area contributed by atoms with Gasteiger partial charge in [-0.3, -0.25) is 0 Å². The Kier molecular flexibility index (Phi) is 3.13. The first-order chi connectivity index (χ1) is 8.60. The molecule has 0 unspecified atom stereocenters. The first-order valence-corrected chi connectivity index (χ1v) is 5.07. The van der Waals surface area contributed by atoms with Crippen LogP contribution in [0.3, 0.4) is 0 Å². The number of aryl methyl sites for hydroxylation is 1. The van der Waals surface area contributed by atoms with E-state index < -0.39 is 5.97 Å². The largest absolute Gasteiger partial charge is 0.494 e. The highest BCUT2D eigenvalue weighted by Gasteiger charge is 2.13. The molecule has 0 saturated heterocycles. The second-order valence-corrected chi connectivity index (χ2v) is 3.48. The lowest BCUT2D eigenvalue weighted by Crippen LogP contribution is -2.04. The monoisotopic (exact) mass is 249 g/mol. The van der Waals surface area contributed by atoms with Crippen LogP contribution in [0.1, 0.15) is 16.2 Å². The first-order valence-electron chi connectivity index (χ1n) is 5.07. The lowest BCUT2D eigenvalue weighted by molar-refractivity contribution is 0.0686. The number of rotatable bonds is 4. The summed E-state index contributed by atoms with van der Waals surface area (Å²) in [7, 11) is 1.38. The average molecular weight is 249 g/mol. The van der Waals surface area contributed by atoms with Crippen molar-refractivity contribution in [2.24, 2.45) is 0 Å². The maximum Gasteiger partial charge on any atom is 0.358 e. The summed E-state index contributed by atoms with van der Waals surface area (Å²) in [6.45, 7) is 1.77. The summed E-state index contributed by atoms with van der Waals surface area (Å²) in [6.07, 6.45) is 2.93. The van der Waals surface area contributed by atoms with Crippen molar-refractivity contribution in [3.63, 3.8) is 0 Å². The highest BCUT2D eigenvalue weighted by atomic mass is 16.5. The number of nitrogens with one attached hydrogen (secondary N) is 1. The van der Waals surface area contributed by atoms with Gasteiger partial charge in [0, 0.05) is 6.07 Å². The predicted octanol–water partition coefficient (Wildman–Crippen LogP) is 1.83. The Balaban J connectivity index is 2.27. The van der Waals surface area contributed by atoms with E-state index >= 15 is 0 Å². The van der Waals surface area contributed by atoms with Crippen molar-refractivity contribution in [2.45, 2.75) is 6.92 Å². The molecule has 0 aromatic carbocycles. The van der Waals surface area contributed by atoms with Crippen molar-refractivity contribution in [2.75, 3.05) is 12.4 Å². The van der Waals surface area contributed by atoms with E-state index in [0.29, 0.717) is 17.5 Å². The number of oxazole rings is 1. The number of pyridine rings is 1. The molecule has 0 aliphatic heterocycles. The quantitative estimate of drug-likeness (QED) is 0.852. The number of methoxy groups -OCH3 is 1. The molecule has 0 bridgehead atoms. The van der Waals surface area contributed by atoms with E-state index in [4.69, 9.17) is 14.3 Å². The Bertz CT molecular complexity index is 579. The predicted molar refractivity (Wildman–Crippen MR) is 62.3 cm³/mol. The number of hydrogen-bond donors (Lipinski definition) is 2. The third-order valence-corrected chi connectivity index (χ3v) is 2.15. The minimum absolute atomic E-state index is 0.147. The number of aromatic carboxylic acids is 1. The van der Waals surface area contributed by atoms with E-state index in [2.05, 4.69) is 15.3 Å². The van der Waals surface area contributed by atoms with Gasteiger partial charge in [0.25, 0.3) is 6.01 Å². The lowest BCUT2D eigenvalue weighted by Gasteiger charge is -2.06. The van der Waals surface area contributed by atoms with Gasteiger partial charge in [-0.05, 0) is 6.92 Å². The molecule has 0 spiro atoms. The zero-order valence-corrected chi connectivity index (χ0v) is 9.80. The van der Waals surface area contributed by atoms with Crippen LogP contribution in [0, 0.1) is 6.92 Å². The molecule has 2 aromatic rings. The molecule has 7 nitrogen and oxygen atoms in total. The van der Waals surface area contributed by atoms with Crippen LogP contribution in [-0.2, 0) is 0 Å². The number of carboxylic acids is 1. The zero-order chi connectivity index (χ0) is 13.1. The summed E-state index contributed by atoms with van der Waals surface area (Å²) < 4.78 is 10.2. The van der Waals surface area contributed by atoms with Crippen molar-refractivity contribution >= 4 is 17.7 Å². The Hall–Kier alpha value is -2.57. The highest BCUT2D eigenvalue weighted by Crippen LogP contribution is 2.23.